The number of aromatic nitrogens is 2. The van der Waals surface area contributed by atoms with Gasteiger partial charge in [0.25, 0.3) is 5.03 Å². The van der Waals surface area contributed by atoms with Crippen molar-refractivity contribution in [1.29, 1.82) is 5.26 Å². The number of fused-ring (bicyclic) bond motifs is 5. The van der Waals surface area contributed by atoms with Crippen molar-refractivity contribution in [3.05, 3.63) is 57.5 Å². The monoisotopic (exact) mass is 719 g/mol. The van der Waals surface area contributed by atoms with Crippen LogP contribution in [0.3, 0.4) is 0 Å². The van der Waals surface area contributed by atoms with Crippen LogP contribution >= 0.6 is 23.2 Å². The second kappa shape index (κ2) is 11.2. The first kappa shape index (κ1) is 31.4. The lowest BCUT2D eigenvalue weighted by molar-refractivity contribution is -0.134. The lowest BCUT2D eigenvalue weighted by atomic mass is 9.79. The van der Waals surface area contributed by atoms with E-state index in [1.165, 1.54) is 11.2 Å². The molecule has 3 aliphatic carbocycles. The van der Waals surface area contributed by atoms with Crippen molar-refractivity contribution in [3.63, 3.8) is 0 Å². The van der Waals surface area contributed by atoms with E-state index < -0.39 is 23.1 Å². The highest BCUT2D eigenvalue weighted by Gasteiger charge is 2.59. The molecule has 7 atom stereocenters. The van der Waals surface area contributed by atoms with E-state index in [-0.39, 0.29) is 80.9 Å². The van der Waals surface area contributed by atoms with Crippen molar-refractivity contribution in [2.24, 2.45) is 17.8 Å². The molecule has 3 saturated heterocycles. The van der Waals surface area contributed by atoms with Gasteiger partial charge in [0, 0.05) is 64.2 Å². The lowest BCUT2D eigenvalue weighted by Crippen LogP contribution is -2.43. The van der Waals surface area contributed by atoms with Gasteiger partial charge in [-0.15, -0.1) is 0 Å². The lowest BCUT2D eigenvalue weighted by Gasteiger charge is -2.40. The molecule has 2 bridgehead atoms. The summed E-state index contributed by atoms with van der Waals surface area (Å²) >= 11 is 11.4. The number of nitrogens with zero attached hydrogens (tertiary/aromatic N) is 5. The minimum atomic E-state index is -1.63. The van der Waals surface area contributed by atoms with Gasteiger partial charge in [0.05, 0.1) is 45.1 Å². The van der Waals surface area contributed by atoms with Crippen LogP contribution in [0, 0.1) is 34.9 Å². The highest BCUT2D eigenvalue weighted by Crippen LogP contribution is 2.59. The van der Waals surface area contributed by atoms with Crippen LogP contribution < -0.4 is 0 Å². The summed E-state index contributed by atoms with van der Waals surface area (Å²) in [7, 11) is 0. The van der Waals surface area contributed by atoms with Gasteiger partial charge < -0.3 is 24.0 Å². The fourth-order valence-electron chi connectivity index (χ4n) is 9.07. The molecule has 252 valence electrons. The molecule has 3 aliphatic heterocycles. The number of hydrogen-bond acceptors (Lipinski definition) is 5. The summed E-state index contributed by atoms with van der Waals surface area (Å²) < 4.78 is 32.9. The van der Waals surface area contributed by atoms with E-state index in [2.05, 4.69) is 15.5 Å². The maximum Gasteiger partial charge on any atom is 0.407 e. The average molecular weight is 721 g/mol. The predicted molar refractivity (Wildman–Crippen MR) is 183 cm³/mol. The number of likely N-dealkylation sites (tertiary alicyclic amines) is 1. The highest BCUT2D eigenvalue weighted by atomic mass is 35.5. The fourth-order valence-corrected chi connectivity index (χ4v) is 10.2. The third kappa shape index (κ3) is 4.63. The molecule has 1 N–H and O–H groups in total. The van der Waals surface area contributed by atoms with Crippen LogP contribution in [-0.4, -0.2) is 65.9 Å². The number of nitriles is 1. The van der Waals surface area contributed by atoms with E-state index in [1.54, 1.807) is 18.2 Å². The summed E-state index contributed by atoms with van der Waals surface area (Å²) in [5.74, 6) is -0.0101. The summed E-state index contributed by atoms with van der Waals surface area (Å²) in [6.07, 6.45) is 5.16. The van der Waals surface area contributed by atoms with Crippen molar-refractivity contribution in [3.8, 4) is 17.2 Å². The first-order chi connectivity index (χ1) is 23.6. The molecule has 13 heteroatoms. The second-order valence-corrected chi connectivity index (χ2v) is 16.4. The smallest absolute Gasteiger partial charge is 0.407 e. The van der Waals surface area contributed by atoms with Crippen LogP contribution in [0.15, 0.2) is 35.4 Å². The van der Waals surface area contributed by atoms with Crippen molar-refractivity contribution < 1.29 is 23.6 Å². The minimum absolute atomic E-state index is 0.0114. The van der Waals surface area contributed by atoms with E-state index in [0.717, 1.165) is 31.4 Å². The summed E-state index contributed by atoms with van der Waals surface area (Å²) in [5.41, 5.74) is 2.62. The Morgan fingerprint density at radius 3 is 2.61 bits per heavy atom. The number of amides is 2. The molecule has 3 saturated carbocycles. The molecule has 2 amide bonds. The molecular weight excluding hydrogens is 688 g/mol. The van der Waals surface area contributed by atoms with Gasteiger partial charge in [0.15, 0.2) is 5.82 Å². The Bertz CT molecular complexity index is 2170. The molecule has 6 fully saturated rings. The number of pyridine rings is 1. The largest absolute Gasteiger partial charge is 0.610 e. The normalized spacial score (nSPS) is 27.3. The van der Waals surface area contributed by atoms with Gasteiger partial charge >= 0.3 is 6.09 Å². The maximum absolute atomic E-state index is 17.2. The molecule has 4 aromatic rings. The molecule has 2 aromatic heterocycles. The van der Waals surface area contributed by atoms with Crippen molar-refractivity contribution in [2.45, 2.75) is 74.1 Å². The Labute approximate surface area is 294 Å². The van der Waals surface area contributed by atoms with E-state index in [9.17, 15) is 24.5 Å². The summed E-state index contributed by atoms with van der Waals surface area (Å²) in [4.78, 5) is 34.4. The number of carbonyl (C=O) groups is 2. The molecule has 49 heavy (non-hydrogen) atoms. The van der Waals surface area contributed by atoms with Gasteiger partial charge in [0.1, 0.15) is 11.8 Å². The molecule has 2 aromatic carbocycles. The molecule has 6 aliphatic rings. The van der Waals surface area contributed by atoms with Crippen molar-refractivity contribution >= 4 is 68.2 Å². The van der Waals surface area contributed by atoms with Crippen LogP contribution in [0.4, 0.5) is 9.18 Å². The number of aryl methyl sites for hydroxylation is 1. The minimum Gasteiger partial charge on any atom is -0.610 e. The molecule has 5 heterocycles. The third-order valence-corrected chi connectivity index (χ3v) is 13.2. The molecular formula is C36H32Cl2FN5O4S. The van der Waals surface area contributed by atoms with E-state index in [0.29, 0.717) is 46.3 Å². The Balaban J connectivity index is 1.35. The maximum atomic E-state index is 17.2. The first-order valence-corrected chi connectivity index (χ1v) is 19.1. The number of carboxylic acid groups (broad SMARTS) is 1. The number of piperidine rings is 1. The zero-order valence-electron chi connectivity index (χ0n) is 26.5. The Morgan fingerprint density at radius 2 is 1.92 bits per heavy atom. The third-order valence-electron chi connectivity index (χ3n) is 11.5. The van der Waals surface area contributed by atoms with Crippen LogP contribution in [-0.2, 0) is 22.4 Å². The number of rotatable bonds is 7. The predicted octanol–water partition coefficient (Wildman–Crippen LogP) is 7.49. The van der Waals surface area contributed by atoms with Crippen LogP contribution in [0.2, 0.25) is 10.0 Å². The number of carbonyl (C=O) groups excluding carboxylic acids is 1. The molecule has 0 radical (unpaired) electrons. The molecule has 10 rings (SSSR count). The van der Waals surface area contributed by atoms with Gasteiger partial charge in [-0.25, -0.2) is 9.18 Å². The van der Waals surface area contributed by atoms with Gasteiger partial charge in [-0.1, -0.05) is 35.3 Å². The van der Waals surface area contributed by atoms with E-state index in [4.69, 9.17) is 28.2 Å². The number of benzene rings is 2. The van der Waals surface area contributed by atoms with Crippen molar-refractivity contribution in [2.75, 3.05) is 12.8 Å². The van der Waals surface area contributed by atoms with Crippen LogP contribution in [0.25, 0.3) is 32.9 Å². The Kier molecular flexibility index (Phi) is 7.20. The van der Waals surface area contributed by atoms with Gasteiger partial charge in [-0.3, -0.25) is 4.79 Å². The Hall–Kier alpha value is -3.56. The second-order valence-electron chi connectivity index (χ2n) is 14.3. The van der Waals surface area contributed by atoms with Crippen LogP contribution in [0.1, 0.15) is 61.9 Å². The van der Waals surface area contributed by atoms with Gasteiger partial charge in [0.2, 0.25) is 5.91 Å². The molecule has 9 nitrogen and oxygen atoms in total. The summed E-state index contributed by atoms with van der Waals surface area (Å²) in [5, 5.41) is 21.4. The number of halogens is 3. The molecule has 1 unspecified atom stereocenters. The standard InChI is InChI=1S/C36H32Cl2FN5O4S/c1-49(48)34-22-14-26(25-12-18-11-24(18)43(25)35(45)16-7-8-16)44(32-19-13-27(32)42(15-19)36(46)47)33(22)21-10-17(4-3-9-40)28(30(39)31(21)41-34)20-5-2-6-23(37)29(20)38/h2,5-6,10,14,16,18-19,24-25,27,32H,3-4,7-8,11-13,15H2,1H3,(H,46,47)/t18-,19-,24-,25-,27-,32+,49?/m1/s1. The van der Waals surface area contributed by atoms with E-state index >= 15 is 4.39 Å². The highest BCUT2D eigenvalue weighted by molar-refractivity contribution is 7.90. The van der Waals surface area contributed by atoms with Crippen molar-refractivity contribution in [1.82, 2.24) is 19.4 Å². The quantitative estimate of drug-likeness (QED) is 0.197. The zero-order chi connectivity index (χ0) is 34.0. The average Bonchev–Trinajstić information content (AvgIpc) is 3.87. The fraction of sp³-hybridized carbons (Fsp3) is 0.444. The van der Waals surface area contributed by atoms with E-state index in [1.807, 2.05) is 12.1 Å². The molecule has 0 spiro atoms. The van der Waals surface area contributed by atoms with Gasteiger partial charge in [-0.2, -0.15) is 10.2 Å². The first-order valence-electron chi connectivity index (χ1n) is 16.7. The van der Waals surface area contributed by atoms with Crippen LogP contribution in [0.5, 0.6) is 0 Å². The zero-order valence-corrected chi connectivity index (χ0v) is 28.9. The summed E-state index contributed by atoms with van der Waals surface area (Å²) in [6.45, 7) is 0.388. The SMILES string of the molecule is C[S+]([O-])c1nc2c(F)c(-c3cccc(Cl)c3Cl)c(CCC#N)cc2c2c1cc([C@H]1C[C@H]3C[C@H]3N1C(=O)C1CC1)n2[C@H]1[C@@H]2C[C@H]1N(C(=O)O)C2. The van der Waals surface area contributed by atoms with Gasteiger partial charge in [-0.05, 0) is 68.2 Å². The number of hydrogen-bond donors (Lipinski definition) is 1. The summed E-state index contributed by atoms with van der Waals surface area (Å²) in [6, 6.07) is 10.4. The topological polar surface area (TPSA) is 126 Å². The Morgan fingerprint density at radius 1 is 1.14 bits per heavy atom.